The van der Waals surface area contributed by atoms with Crippen molar-refractivity contribution in [1.29, 1.82) is 0 Å². The van der Waals surface area contributed by atoms with Crippen molar-refractivity contribution in [3.05, 3.63) is 0 Å². The summed E-state index contributed by atoms with van der Waals surface area (Å²) in [7, 11) is 0. The standard InChI is InChI=1S/C20H34N8O10/c21-9(2-1-7-25-20(23)24)16(34)26-11(4-6-14(30)31)17(35)27-10(3-5-13(22)29)18(36)28-12(19(37)38)8-15(32)33/h9-12H,1-8,21H2,(H2,22,29)(H,26,34)(H,27,35)(H,28,36)(H,30,31)(H,32,33)(H,37,38)(H4,23,24,25). The first-order valence-corrected chi connectivity index (χ1v) is 11.3. The van der Waals surface area contributed by atoms with Gasteiger partial charge in [0.2, 0.25) is 23.6 Å². The van der Waals surface area contributed by atoms with E-state index >= 15 is 0 Å². The summed E-state index contributed by atoms with van der Waals surface area (Å²) >= 11 is 0. The number of primary amides is 1. The molecule has 18 nitrogen and oxygen atoms in total. The quantitative estimate of drug-likeness (QED) is 0.0415. The maximum Gasteiger partial charge on any atom is 0.326 e. The molecular formula is C20H34N8O10. The fraction of sp³-hybridized carbons (Fsp3) is 0.600. The molecule has 0 aliphatic rings. The fourth-order valence-electron chi connectivity index (χ4n) is 2.94. The summed E-state index contributed by atoms with van der Waals surface area (Å²) in [5, 5.41) is 33.4. The number of aliphatic imine (C=N–C) groups is 1. The Morgan fingerprint density at radius 2 is 1.18 bits per heavy atom. The van der Waals surface area contributed by atoms with Gasteiger partial charge >= 0.3 is 17.9 Å². The maximum absolute atomic E-state index is 12.9. The monoisotopic (exact) mass is 546 g/mol. The topological polar surface area (TPSA) is 333 Å². The molecule has 18 heteroatoms. The van der Waals surface area contributed by atoms with Crippen LogP contribution in [0.15, 0.2) is 4.99 Å². The molecule has 4 amide bonds. The third-order valence-corrected chi connectivity index (χ3v) is 4.89. The van der Waals surface area contributed by atoms with Gasteiger partial charge in [-0.1, -0.05) is 0 Å². The second kappa shape index (κ2) is 17.1. The Balaban J connectivity index is 5.58. The lowest BCUT2D eigenvalue weighted by Gasteiger charge is -2.24. The van der Waals surface area contributed by atoms with Crippen LogP contribution in [0.4, 0.5) is 0 Å². The SMILES string of the molecule is NC(=O)CCC(NC(=O)C(CCC(=O)O)NC(=O)C(N)CCCN=C(N)N)C(=O)NC(CC(=O)O)C(=O)O. The van der Waals surface area contributed by atoms with E-state index in [2.05, 4.69) is 15.6 Å². The van der Waals surface area contributed by atoms with Crippen molar-refractivity contribution in [2.75, 3.05) is 6.54 Å². The Morgan fingerprint density at radius 3 is 1.63 bits per heavy atom. The van der Waals surface area contributed by atoms with Crippen LogP contribution < -0.4 is 38.9 Å². The highest BCUT2D eigenvalue weighted by Gasteiger charge is 2.31. The zero-order valence-electron chi connectivity index (χ0n) is 20.4. The van der Waals surface area contributed by atoms with Crippen molar-refractivity contribution in [2.45, 2.75) is 69.1 Å². The van der Waals surface area contributed by atoms with Gasteiger partial charge in [0.05, 0.1) is 12.5 Å². The van der Waals surface area contributed by atoms with Crippen molar-refractivity contribution in [1.82, 2.24) is 16.0 Å². The number of nitrogens with one attached hydrogen (secondary N) is 3. The number of nitrogens with zero attached hydrogens (tertiary/aromatic N) is 1. The number of nitrogens with two attached hydrogens (primary N) is 4. The molecule has 0 aliphatic carbocycles. The highest BCUT2D eigenvalue weighted by molar-refractivity contribution is 5.95. The minimum atomic E-state index is -1.85. The van der Waals surface area contributed by atoms with E-state index in [1.807, 2.05) is 5.32 Å². The molecule has 38 heavy (non-hydrogen) atoms. The number of rotatable bonds is 19. The number of aliphatic carboxylic acids is 3. The summed E-state index contributed by atoms with van der Waals surface area (Å²) < 4.78 is 0. The lowest BCUT2D eigenvalue weighted by molar-refractivity contribution is -0.147. The molecule has 0 saturated carbocycles. The molecule has 0 aromatic rings. The Morgan fingerprint density at radius 1 is 0.684 bits per heavy atom. The van der Waals surface area contributed by atoms with Crippen LogP contribution in [0.3, 0.4) is 0 Å². The first kappa shape index (κ1) is 33.5. The van der Waals surface area contributed by atoms with Gasteiger partial charge in [-0.05, 0) is 25.7 Å². The summed E-state index contributed by atoms with van der Waals surface area (Å²) in [6, 6.07) is -6.04. The van der Waals surface area contributed by atoms with Gasteiger partial charge in [0.1, 0.15) is 18.1 Å². The average molecular weight is 547 g/mol. The Hall–Kier alpha value is -4.48. The summed E-state index contributed by atoms with van der Waals surface area (Å²) in [4.78, 5) is 86.2. The van der Waals surface area contributed by atoms with Crippen LogP contribution in [0, 0.1) is 0 Å². The van der Waals surface area contributed by atoms with Crippen LogP contribution in [-0.2, 0) is 33.6 Å². The van der Waals surface area contributed by atoms with Crippen LogP contribution in [0.1, 0.15) is 44.9 Å². The number of hydrogen-bond donors (Lipinski definition) is 10. The van der Waals surface area contributed by atoms with E-state index in [1.165, 1.54) is 0 Å². The number of guanidine groups is 1. The van der Waals surface area contributed by atoms with Gasteiger partial charge < -0.3 is 54.2 Å². The predicted octanol–water partition coefficient (Wildman–Crippen LogP) is -4.49. The van der Waals surface area contributed by atoms with Crippen LogP contribution in [-0.4, -0.2) is 93.5 Å². The third kappa shape index (κ3) is 14.8. The van der Waals surface area contributed by atoms with Gasteiger partial charge in [0, 0.05) is 19.4 Å². The molecule has 4 atom stereocenters. The molecule has 0 fully saturated rings. The number of carbonyl (C=O) groups excluding carboxylic acids is 4. The largest absolute Gasteiger partial charge is 0.481 e. The lowest BCUT2D eigenvalue weighted by Crippen LogP contribution is -2.57. The van der Waals surface area contributed by atoms with Crippen LogP contribution >= 0.6 is 0 Å². The van der Waals surface area contributed by atoms with Crippen molar-refractivity contribution >= 4 is 47.5 Å². The predicted molar refractivity (Wildman–Crippen MR) is 129 cm³/mol. The number of carboxylic acid groups (broad SMARTS) is 3. The van der Waals surface area contributed by atoms with Gasteiger partial charge in [-0.25, -0.2) is 4.79 Å². The molecule has 0 heterocycles. The molecule has 0 saturated heterocycles. The van der Waals surface area contributed by atoms with E-state index in [-0.39, 0.29) is 18.9 Å². The smallest absolute Gasteiger partial charge is 0.326 e. The molecule has 214 valence electrons. The summed E-state index contributed by atoms with van der Waals surface area (Å²) in [5.41, 5.74) is 21.3. The zero-order chi connectivity index (χ0) is 29.4. The number of hydrogen-bond acceptors (Lipinski definition) is 9. The van der Waals surface area contributed by atoms with E-state index in [0.717, 1.165) is 0 Å². The summed E-state index contributed by atoms with van der Waals surface area (Å²) in [6.07, 6.45) is -2.35. The number of carbonyl (C=O) groups is 7. The Bertz CT molecular complexity index is 921. The molecule has 0 spiro atoms. The first-order valence-electron chi connectivity index (χ1n) is 11.3. The molecule has 0 aliphatic heterocycles. The first-order chi connectivity index (χ1) is 17.6. The molecule has 0 bridgehead atoms. The van der Waals surface area contributed by atoms with Gasteiger partial charge in [0.25, 0.3) is 0 Å². The van der Waals surface area contributed by atoms with Crippen LogP contribution in [0.25, 0.3) is 0 Å². The minimum Gasteiger partial charge on any atom is -0.481 e. The number of amides is 4. The van der Waals surface area contributed by atoms with Gasteiger partial charge in [-0.2, -0.15) is 0 Å². The van der Waals surface area contributed by atoms with Crippen LogP contribution in [0.2, 0.25) is 0 Å². The van der Waals surface area contributed by atoms with E-state index in [9.17, 15) is 33.6 Å². The Labute approximate surface area is 216 Å². The average Bonchev–Trinajstić information content (AvgIpc) is 2.80. The highest BCUT2D eigenvalue weighted by Crippen LogP contribution is 2.06. The second-order valence-electron chi connectivity index (χ2n) is 8.11. The van der Waals surface area contributed by atoms with Crippen molar-refractivity contribution in [2.24, 2.45) is 27.9 Å². The summed E-state index contributed by atoms with van der Waals surface area (Å²) in [6.45, 7) is 0.183. The van der Waals surface area contributed by atoms with E-state index in [1.54, 1.807) is 0 Å². The van der Waals surface area contributed by atoms with Gasteiger partial charge in [-0.15, -0.1) is 0 Å². The van der Waals surface area contributed by atoms with E-state index in [4.69, 9.17) is 38.3 Å². The van der Waals surface area contributed by atoms with Gasteiger partial charge in [0.15, 0.2) is 5.96 Å². The number of carboxylic acids is 3. The maximum atomic E-state index is 12.9. The van der Waals surface area contributed by atoms with Crippen molar-refractivity contribution in [3.63, 3.8) is 0 Å². The van der Waals surface area contributed by atoms with Crippen LogP contribution in [0.5, 0.6) is 0 Å². The molecule has 14 N–H and O–H groups in total. The summed E-state index contributed by atoms with van der Waals surface area (Å²) in [5.74, 6) is -8.50. The fourth-order valence-corrected chi connectivity index (χ4v) is 2.94. The molecule has 0 aromatic carbocycles. The normalized spacial score (nSPS) is 13.6. The minimum absolute atomic E-state index is 0.111. The van der Waals surface area contributed by atoms with E-state index < -0.39 is 97.8 Å². The second-order valence-corrected chi connectivity index (χ2v) is 8.11. The molecule has 0 aromatic heterocycles. The van der Waals surface area contributed by atoms with Crippen molar-refractivity contribution < 1.29 is 48.9 Å². The van der Waals surface area contributed by atoms with Crippen molar-refractivity contribution in [3.8, 4) is 0 Å². The zero-order valence-corrected chi connectivity index (χ0v) is 20.4. The third-order valence-electron chi connectivity index (χ3n) is 4.89. The molecule has 4 unspecified atom stereocenters. The van der Waals surface area contributed by atoms with E-state index in [0.29, 0.717) is 6.42 Å². The molecular weight excluding hydrogens is 512 g/mol. The highest BCUT2D eigenvalue weighted by atomic mass is 16.4. The molecule has 0 rings (SSSR count). The molecule has 0 radical (unpaired) electrons. The van der Waals surface area contributed by atoms with Gasteiger partial charge in [-0.3, -0.25) is 33.8 Å². The lowest BCUT2D eigenvalue weighted by atomic mass is 10.1. The Kier molecular flexibility index (Phi) is 15.0.